The molecule has 2 aromatic rings. The monoisotopic (exact) mass is 292 g/mol. The van der Waals surface area contributed by atoms with Gasteiger partial charge in [-0.1, -0.05) is 24.3 Å². The van der Waals surface area contributed by atoms with E-state index >= 15 is 0 Å². The second-order valence-electron chi connectivity index (χ2n) is 4.27. The molecular weight excluding hydrogens is 276 g/mol. The summed E-state index contributed by atoms with van der Waals surface area (Å²) < 4.78 is 26.9. The molecule has 0 saturated heterocycles. The fourth-order valence-corrected chi connectivity index (χ4v) is 3.11. The van der Waals surface area contributed by atoms with Crippen LogP contribution in [0, 0.1) is 0 Å². The van der Waals surface area contributed by atoms with Crippen LogP contribution in [0.15, 0.2) is 53.7 Å². The highest BCUT2D eigenvalue weighted by Gasteiger charge is 2.16. The van der Waals surface area contributed by atoms with E-state index in [4.69, 9.17) is 0 Å². The van der Waals surface area contributed by atoms with Crippen LogP contribution < -0.4 is 4.72 Å². The zero-order valence-electron chi connectivity index (χ0n) is 10.9. The number of hydrogen-bond donors (Lipinski definition) is 2. The average Bonchev–Trinajstić information content (AvgIpc) is 2.48. The maximum absolute atomic E-state index is 12.2. The number of sulfonamides is 1. The van der Waals surface area contributed by atoms with Crippen molar-refractivity contribution < 1.29 is 13.5 Å². The molecule has 0 amide bonds. The smallest absolute Gasteiger partial charge is 0.240 e. The van der Waals surface area contributed by atoms with E-state index in [1.807, 2.05) is 12.1 Å². The summed E-state index contributed by atoms with van der Waals surface area (Å²) in [7, 11) is -3.60. The predicted molar refractivity (Wildman–Crippen MR) is 75.5 cm³/mol. The lowest BCUT2D eigenvalue weighted by Crippen LogP contribution is -2.27. The van der Waals surface area contributed by atoms with E-state index in [9.17, 15) is 13.5 Å². The van der Waals surface area contributed by atoms with Gasteiger partial charge in [-0.25, -0.2) is 13.1 Å². The molecule has 0 spiro atoms. The molecular formula is C14H16N2O3S. The van der Waals surface area contributed by atoms with Gasteiger partial charge in [0.25, 0.3) is 0 Å². The van der Waals surface area contributed by atoms with Gasteiger partial charge in [0.05, 0.1) is 11.5 Å². The second kappa shape index (κ2) is 6.60. The summed E-state index contributed by atoms with van der Waals surface area (Å²) in [4.78, 5) is 4.09. The van der Waals surface area contributed by atoms with Crippen LogP contribution in [0.1, 0.15) is 11.1 Å². The lowest BCUT2D eigenvalue weighted by Gasteiger charge is -2.09. The molecule has 0 bridgehead atoms. The predicted octanol–water partition coefficient (Wildman–Crippen LogP) is 1.09. The number of hydrogen-bond acceptors (Lipinski definition) is 4. The van der Waals surface area contributed by atoms with Gasteiger partial charge in [-0.3, -0.25) is 4.98 Å². The molecule has 106 valence electrons. The van der Waals surface area contributed by atoms with Crippen molar-refractivity contribution in [3.8, 4) is 0 Å². The minimum Gasteiger partial charge on any atom is -0.392 e. The van der Waals surface area contributed by atoms with E-state index < -0.39 is 10.0 Å². The van der Waals surface area contributed by atoms with Crippen molar-refractivity contribution in [2.24, 2.45) is 0 Å². The Morgan fingerprint density at radius 2 is 1.95 bits per heavy atom. The van der Waals surface area contributed by atoms with Gasteiger partial charge in [0.2, 0.25) is 10.0 Å². The maximum Gasteiger partial charge on any atom is 0.240 e. The van der Waals surface area contributed by atoms with Gasteiger partial charge in [0.15, 0.2) is 0 Å². The molecule has 0 aliphatic rings. The number of aromatic nitrogens is 1. The van der Waals surface area contributed by atoms with Gasteiger partial charge in [0.1, 0.15) is 0 Å². The molecule has 6 heteroatoms. The van der Waals surface area contributed by atoms with Crippen LogP contribution in [0.5, 0.6) is 0 Å². The van der Waals surface area contributed by atoms with Gasteiger partial charge in [0, 0.05) is 18.9 Å². The normalized spacial score (nSPS) is 11.4. The van der Waals surface area contributed by atoms with Gasteiger partial charge in [-0.15, -0.1) is 0 Å². The van der Waals surface area contributed by atoms with E-state index in [0.717, 1.165) is 5.56 Å². The Bertz CT molecular complexity index is 657. The highest BCUT2D eigenvalue weighted by molar-refractivity contribution is 7.89. The van der Waals surface area contributed by atoms with Crippen molar-refractivity contribution in [2.45, 2.75) is 17.9 Å². The molecule has 5 nitrogen and oxygen atoms in total. The minimum absolute atomic E-state index is 0.119. The fraction of sp³-hybridized carbons (Fsp3) is 0.214. The number of nitrogens with zero attached hydrogens (tertiary/aromatic N) is 1. The molecule has 1 aromatic carbocycles. The van der Waals surface area contributed by atoms with Gasteiger partial charge < -0.3 is 5.11 Å². The number of aliphatic hydroxyl groups excluding tert-OH is 1. The van der Waals surface area contributed by atoms with Crippen LogP contribution in [0.25, 0.3) is 0 Å². The molecule has 0 radical (unpaired) electrons. The Labute approximate surface area is 118 Å². The number of aliphatic hydroxyl groups is 1. The first-order valence-electron chi connectivity index (χ1n) is 6.21. The Kier molecular flexibility index (Phi) is 4.84. The van der Waals surface area contributed by atoms with Crippen molar-refractivity contribution >= 4 is 10.0 Å². The molecule has 0 unspecified atom stereocenters. The van der Waals surface area contributed by atoms with Gasteiger partial charge >= 0.3 is 0 Å². The Morgan fingerprint density at radius 1 is 1.15 bits per heavy atom. The number of rotatable bonds is 6. The Hall–Kier alpha value is -1.76. The van der Waals surface area contributed by atoms with Crippen molar-refractivity contribution in [3.05, 3.63) is 59.9 Å². The van der Waals surface area contributed by atoms with Crippen LogP contribution >= 0.6 is 0 Å². The number of nitrogens with one attached hydrogen (secondary N) is 1. The summed E-state index contributed by atoms with van der Waals surface area (Å²) >= 11 is 0. The SMILES string of the molecule is O=S(=O)(NCCc1cccnc1)c1ccccc1CO. The largest absolute Gasteiger partial charge is 0.392 e. The van der Waals surface area contributed by atoms with Crippen LogP contribution in [0.4, 0.5) is 0 Å². The van der Waals surface area contributed by atoms with E-state index in [1.165, 1.54) is 6.07 Å². The van der Waals surface area contributed by atoms with Gasteiger partial charge in [-0.2, -0.15) is 0 Å². The minimum atomic E-state index is -3.60. The molecule has 2 rings (SSSR count). The van der Waals surface area contributed by atoms with E-state index in [-0.39, 0.29) is 18.0 Å². The van der Waals surface area contributed by atoms with Gasteiger partial charge in [-0.05, 0) is 29.7 Å². The molecule has 0 atom stereocenters. The van der Waals surface area contributed by atoms with Crippen LogP contribution in [0.3, 0.4) is 0 Å². The molecule has 0 saturated carbocycles. The lowest BCUT2D eigenvalue weighted by molar-refractivity contribution is 0.278. The van der Waals surface area contributed by atoms with E-state index in [2.05, 4.69) is 9.71 Å². The molecule has 1 heterocycles. The fourth-order valence-electron chi connectivity index (χ4n) is 1.85. The van der Waals surface area contributed by atoms with E-state index in [1.54, 1.807) is 30.6 Å². The zero-order valence-corrected chi connectivity index (χ0v) is 11.7. The third-order valence-electron chi connectivity index (χ3n) is 2.86. The molecule has 0 aliphatic carbocycles. The summed E-state index contributed by atoms with van der Waals surface area (Å²) in [6, 6.07) is 10.1. The molecule has 1 aromatic heterocycles. The van der Waals surface area contributed by atoms with Crippen LogP contribution in [-0.4, -0.2) is 25.1 Å². The van der Waals surface area contributed by atoms with Crippen molar-refractivity contribution in [3.63, 3.8) is 0 Å². The number of pyridine rings is 1. The quantitative estimate of drug-likeness (QED) is 0.835. The highest BCUT2D eigenvalue weighted by atomic mass is 32.2. The zero-order chi connectivity index (χ0) is 14.4. The summed E-state index contributed by atoms with van der Waals surface area (Å²) in [6.45, 7) is -0.0204. The Morgan fingerprint density at radius 3 is 2.65 bits per heavy atom. The van der Waals surface area contributed by atoms with Crippen LogP contribution in [-0.2, 0) is 23.1 Å². The molecule has 0 fully saturated rings. The Balaban J connectivity index is 2.04. The first-order valence-corrected chi connectivity index (χ1v) is 7.69. The highest BCUT2D eigenvalue weighted by Crippen LogP contribution is 2.15. The second-order valence-corrected chi connectivity index (χ2v) is 6.01. The van der Waals surface area contributed by atoms with Crippen molar-refractivity contribution in [1.82, 2.24) is 9.71 Å². The molecule has 2 N–H and O–H groups in total. The average molecular weight is 292 g/mol. The molecule has 0 aliphatic heterocycles. The first-order chi connectivity index (χ1) is 9.63. The summed E-state index contributed by atoms with van der Waals surface area (Å²) in [5.41, 5.74) is 1.35. The summed E-state index contributed by atoms with van der Waals surface area (Å²) in [6.07, 6.45) is 3.94. The lowest BCUT2D eigenvalue weighted by atomic mass is 10.2. The number of benzene rings is 1. The molecule has 20 heavy (non-hydrogen) atoms. The van der Waals surface area contributed by atoms with Crippen molar-refractivity contribution in [2.75, 3.05) is 6.54 Å². The third kappa shape index (κ3) is 3.63. The maximum atomic E-state index is 12.2. The standard InChI is InChI=1S/C14H16N2O3S/c17-11-13-5-1-2-6-14(13)20(18,19)16-9-7-12-4-3-8-15-10-12/h1-6,8,10,16-17H,7,9,11H2. The topological polar surface area (TPSA) is 79.3 Å². The van der Waals surface area contributed by atoms with E-state index in [0.29, 0.717) is 12.0 Å². The summed E-state index contributed by atoms with van der Waals surface area (Å²) in [5, 5.41) is 9.18. The van der Waals surface area contributed by atoms with Crippen molar-refractivity contribution in [1.29, 1.82) is 0 Å². The summed E-state index contributed by atoms with van der Waals surface area (Å²) in [5.74, 6) is 0. The van der Waals surface area contributed by atoms with Crippen LogP contribution in [0.2, 0.25) is 0 Å². The third-order valence-corrected chi connectivity index (χ3v) is 4.42. The first kappa shape index (κ1) is 14.6.